The largest absolute Gasteiger partial charge is 0.534 e. The van der Waals surface area contributed by atoms with Crippen LogP contribution in [0, 0.1) is 5.92 Å². The molecule has 0 N–H and O–H groups in total. The van der Waals surface area contributed by atoms with Crippen molar-refractivity contribution in [1.82, 2.24) is 4.90 Å². The number of esters is 1. The Morgan fingerprint density at radius 1 is 1.38 bits per heavy atom. The van der Waals surface area contributed by atoms with Crippen molar-refractivity contribution in [3.8, 4) is 0 Å². The number of hydrogen-bond donors (Lipinski definition) is 0. The zero-order valence-corrected chi connectivity index (χ0v) is 14.2. The van der Waals surface area contributed by atoms with Crippen molar-refractivity contribution in [1.29, 1.82) is 0 Å². The number of methoxy groups -OCH3 is 1. The van der Waals surface area contributed by atoms with E-state index in [9.17, 15) is 26.4 Å². The highest BCUT2D eigenvalue weighted by Gasteiger charge is 2.49. The molecule has 3 unspecified atom stereocenters. The van der Waals surface area contributed by atoms with Gasteiger partial charge in [0.1, 0.15) is 11.8 Å². The Morgan fingerprint density at radius 3 is 2.58 bits per heavy atom. The summed E-state index contributed by atoms with van der Waals surface area (Å²) in [5.41, 5.74) is -5.45. The molecule has 138 valence electrons. The fourth-order valence-electron chi connectivity index (χ4n) is 3.31. The van der Waals surface area contributed by atoms with E-state index in [-0.39, 0.29) is 36.2 Å². The number of ether oxygens (including phenoxy) is 1. The number of rotatable bonds is 4. The first kappa shape index (κ1) is 19.0. The molecule has 1 aliphatic heterocycles. The van der Waals surface area contributed by atoms with E-state index >= 15 is 0 Å². The lowest BCUT2D eigenvalue weighted by Crippen LogP contribution is -2.47. The molecule has 2 rings (SSSR count). The van der Waals surface area contributed by atoms with E-state index in [0.29, 0.717) is 19.4 Å². The predicted molar refractivity (Wildman–Crippen MR) is 78.1 cm³/mol. The molecule has 0 amide bonds. The zero-order valence-electron chi connectivity index (χ0n) is 13.4. The number of likely N-dealkylation sites (tertiary alicyclic amines) is 1. The van der Waals surface area contributed by atoms with E-state index in [2.05, 4.69) is 4.18 Å². The molecule has 0 aromatic heterocycles. The van der Waals surface area contributed by atoms with Crippen molar-refractivity contribution in [3.63, 3.8) is 0 Å². The molecule has 1 aliphatic carbocycles. The lowest BCUT2D eigenvalue weighted by molar-refractivity contribution is -0.147. The van der Waals surface area contributed by atoms with Gasteiger partial charge in [0.2, 0.25) is 0 Å². The first-order valence-corrected chi connectivity index (χ1v) is 9.01. The Kier molecular flexibility index (Phi) is 5.48. The second-order valence-corrected chi connectivity index (χ2v) is 7.59. The van der Waals surface area contributed by atoms with Gasteiger partial charge in [-0.2, -0.15) is 21.6 Å². The molecular weight excluding hydrogens is 351 g/mol. The van der Waals surface area contributed by atoms with Gasteiger partial charge < -0.3 is 8.92 Å². The topological polar surface area (TPSA) is 72.9 Å². The van der Waals surface area contributed by atoms with Crippen LogP contribution in [0.25, 0.3) is 0 Å². The Morgan fingerprint density at radius 2 is 2.04 bits per heavy atom. The van der Waals surface area contributed by atoms with Crippen molar-refractivity contribution in [2.24, 2.45) is 5.92 Å². The van der Waals surface area contributed by atoms with Crippen LogP contribution in [0.4, 0.5) is 13.2 Å². The molecule has 1 heterocycles. The lowest BCUT2D eigenvalue weighted by Gasteiger charge is -2.37. The summed E-state index contributed by atoms with van der Waals surface area (Å²) in [6.07, 6.45) is 3.24. The molecule has 0 bridgehead atoms. The average Bonchev–Trinajstić information content (AvgIpc) is 2.94. The highest BCUT2D eigenvalue weighted by atomic mass is 32.2. The molecule has 24 heavy (non-hydrogen) atoms. The van der Waals surface area contributed by atoms with E-state index in [1.54, 1.807) is 6.92 Å². The van der Waals surface area contributed by atoms with Gasteiger partial charge in [0.05, 0.1) is 7.11 Å². The standard InChI is InChI=1S/C14H20F3NO5S/c1-9-8-10(23-24(20,21)14(15,16)17)5-6-11(9)18-7-3-4-12(18)13(19)22-2/h5,9,11-12H,3-4,6-8H2,1-2H3. The van der Waals surface area contributed by atoms with Crippen LogP contribution >= 0.6 is 0 Å². The first-order valence-electron chi connectivity index (χ1n) is 7.60. The smallest absolute Gasteiger partial charge is 0.468 e. The minimum Gasteiger partial charge on any atom is -0.468 e. The number of hydrogen-bond acceptors (Lipinski definition) is 6. The summed E-state index contributed by atoms with van der Waals surface area (Å²) in [6.45, 7) is 2.49. The van der Waals surface area contributed by atoms with Crippen molar-refractivity contribution in [2.75, 3.05) is 13.7 Å². The third-order valence-corrected chi connectivity index (χ3v) is 5.46. The van der Waals surface area contributed by atoms with Gasteiger partial charge in [-0.05, 0) is 37.8 Å². The van der Waals surface area contributed by atoms with Gasteiger partial charge in [-0.3, -0.25) is 9.69 Å². The van der Waals surface area contributed by atoms with Crippen LogP contribution < -0.4 is 0 Å². The zero-order chi connectivity index (χ0) is 18.1. The maximum Gasteiger partial charge on any atom is 0.534 e. The van der Waals surface area contributed by atoms with E-state index < -0.39 is 15.6 Å². The second-order valence-electron chi connectivity index (χ2n) is 6.06. The fraction of sp³-hybridized carbons (Fsp3) is 0.786. The summed E-state index contributed by atoms with van der Waals surface area (Å²) in [4.78, 5) is 13.8. The van der Waals surface area contributed by atoms with Gasteiger partial charge in [0.25, 0.3) is 0 Å². The molecule has 0 radical (unpaired) electrons. The maximum absolute atomic E-state index is 12.4. The normalized spacial score (nSPS) is 29.2. The minimum absolute atomic E-state index is 0.0599. The van der Waals surface area contributed by atoms with E-state index in [4.69, 9.17) is 4.74 Å². The van der Waals surface area contributed by atoms with Crippen LogP contribution in [0.2, 0.25) is 0 Å². The molecule has 2 aliphatic rings. The predicted octanol–water partition coefficient (Wildman–Crippen LogP) is 2.17. The quantitative estimate of drug-likeness (QED) is 0.428. The monoisotopic (exact) mass is 371 g/mol. The molecule has 6 nitrogen and oxygen atoms in total. The SMILES string of the molecule is COC(=O)C1CCCN1C1CC=C(OS(=O)(=O)C(F)(F)F)CC1C. The van der Waals surface area contributed by atoms with Crippen LogP contribution in [-0.4, -0.2) is 50.5 Å². The summed E-state index contributed by atoms with van der Waals surface area (Å²) >= 11 is 0. The van der Waals surface area contributed by atoms with Crippen molar-refractivity contribution >= 4 is 16.1 Å². The van der Waals surface area contributed by atoms with Gasteiger partial charge in [-0.1, -0.05) is 6.92 Å². The van der Waals surface area contributed by atoms with Crippen LogP contribution in [0.3, 0.4) is 0 Å². The Bertz CT molecular complexity index is 616. The molecule has 1 saturated heterocycles. The summed E-state index contributed by atoms with van der Waals surface area (Å²) in [7, 11) is -4.33. The highest BCUT2D eigenvalue weighted by molar-refractivity contribution is 7.87. The first-order chi connectivity index (χ1) is 11.1. The van der Waals surface area contributed by atoms with E-state index in [1.807, 2.05) is 4.90 Å². The van der Waals surface area contributed by atoms with Crippen molar-refractivity contribution in [2.45, 2.75) is 50.2 Å². The van der Waals surface area contributed by atoms with Crippen LogP contribution in [-0.2, 0) is 23.8 Å². The Labute approximate surface area is 138 Å². The van der Waals surface area contributed by atoms with E-state index in [1.165, 1.54) is 13.2 Å². The van der Waals surface area contributed by atoms with Crippen LogP contribution in [0.5, 0.6) is 0 Å². The van der Waals surface area contributed by atoms with Gasteiger partial charge in [-0.15, -0.1) is 0 Å². The van der Waals surface area contributed by atoms with Crippen molar-refractivity contribution < 1.29 is 35.3 Å². The summed E-state index contributed by atoms with van der Waals surface area (Å²) < 4.78 is 68.3. The summed E-state index contributed by atoms with van der Waals surface area (Å²) in [5.74, 6) is -0.686. The fourth-order valence-corrected chi connectivity index (χ4v) is 3.83. The summed E-state index contributed by atoms with van der Waals surface area (Å²) in [5, 5.41) is 0. The lowest BCUT2D eigenvalue weighted by atomic mass is 9.88. The molecular formula is C14H20F3NO5S. The van der Waals surface area contributed by atoms with Crippen LogP contribution in [0.15, 0.2) is 11.8 Å². The number of nitrogens with zero attached hydrogens (tertiary/aromatic N) is 1. The maximum atomic E-state index is 12.4. The summed E-state index contributed by atoms with van der Waals surface area (Å²) in [6, 6.07) is -0.435. The van der Waals surface area contributed by atoms with Gasteiger partial charge in [-0.25, -0.2) is 0 Å². The minimum atomic E-state index is -5.64. The molecule has 10 heteroatoms. The average molecular weight is 371 g/mol. The molecule has 3 atom stereocenters. The van der Waals surface area contributed by atoms with Gasteiger partial charge >= 0.3 is 21.6 Å². The number of halogens is 3. The number of alkyl halides is 3. The van der Waals surface area contributed by atoms with Gasteiger partial charge in [0, 0.05) is 12.5 Å². The highest BCUT2D eigenvalue weighted by Crippen LogP contribution is 2.35. The molecule has 0 aromatic carbocycles. The second kappa shape index (κ2) is 6.91. The number of allylic oxidation sites excluding steroid dienone is 1. The number of carbonyl (C=O) groups is 1. The third-order valence-electron chi connectivity index (χ3n) is 4.46. The Balaban J connectivity index is 2.09. The third kappa shape index (κ3) is 3.85. The molecule has 0 saturated carbocycles. The molecule has 0 aromatic rings. The van der Waals surface area contributed by atoms with E-state index in [0.717, 1.165) is 6.42 Å². The molecule has 0 spiro atoms. The van der Waals surface area contributed by atoms with Crippen LogP contribution in [0.1, 0.15) is 32.6 Å². The Hall–Kier alpha value is -1.29. The van der Waals surface area contributed by atoms with Crippen molar-refractivity contribution in [3.05, 3.63) is 11.8 Å². The van der Waals surface area contributed by atoms with Gasteiger partial charge in [0.15, 0.2) is 0 Å². The number of carbonyl (C=O) groups excluding carboxylic acids is 1. The molecule has 1 fully saturated rings.